The van der Waals surface area contributed by atoms with Crippen LogP contribution in [0.2, 0.25) is 0 Å². The van der Waals surface area contributed by atoms with Crippen LogP contribution in [0.25, 0.3) is 0 Å². The molecule has 1 heterocycles. The summed E-state index contributed by atoms with van der Waals surface area (Å²) in [4.78, 5) is 14.0. The van der Waals surface area contributed by atoms with Crippen LogP contribution in [-0.4, -0.2) is 41.1 Å². The van der Waals surface area contributed by atoms with E-state index in [1.807, 2.05) is 17.0 Å². The van der Waals surface area contributed by atoms with Gasteiger partial charge in [-0.15, -0.1) is 0 Å². The highest BCUT2D eigenvalue weighted by Crippen LogP contribution is 2.34. The molecular formula is C13H15Br3N2O2. The summed E-state index contributed by atoms with van der Waals surface area (Å²) in [6.07, 6.45) is 0.700. The van der Waals surface area contributed by atoms with Gasteiger partial charge in [0.2, 0.25) is 5.91 Å². The number of carbonyl (C=O) groups excluding carboxylic acids is 1. The van der Waals surface area contributed by atoms with Gasteiger partial charge in [0, 0.05) is 26.5 Å². The summed E-state index contributed by atoms with van der Waals surface area (Å²) < 4.78 is 2.53. The summed E-state index contributed by atoms with van der Waals surface area (Å²) in [5.41, 5.74) is 0.0307. The minimum atomic E-state index is -0.681. The Labute approximate surface area is 143 Å². The Morgan fingerprint density at radius 2 is 2.00 bits per heavy atom. The molecule has 7 heteroatoms. The third kappa shape index (κ3) is 4.27. The molecule has 0 bridgehead atoms. The van der Waals surface area contributed by atoms with Crippen LogP contribution in [0.3, 0.4) is 0 Å². The van der Waals surface area contributed by atoms with Gasteiger partial charge in [0.05, 0.1) is 17.8 Å². The molecule has 1 saturated heterocycles. The van der Waals surface area contributed by atoms with E-state index in [0.717, 1.165) is 20.0 Å². The first kappa shape index (κ1) is 16.4. The minimum absolute atomic E-state index is 0.0913. The van der Waals surface area contributed by atoms with Gasteiger partial charge in [-0.3, -0.25) is 9.69 Å². The number of anilines is 1. The van der Waals surface area contributed by atoms with Crippen LogP contribution in [0.4, 0.5) is 5.69 Å². The number of nitrogens with zero attached hydrogens (tertiary/aromatic N) is 1. The number of hydrogen-bond acceptors (Lipinski definition) is 3. The Kier molecular flexibility index (Phi) is 5.29. The van der Waals surface area contributed by atoms with E-state index >= 15 is 0 Å². The number of halogens is 3. The molecule has 1 aliphatic heterocycles. The van der Waals surface area contributed by atoms with Crippen molar-refractivity contribution in [2.45, 2.75) is 18.9 Å². The molecule has 2 N–H and O–H groups in total. The molecule has 0 aromatic heterocycles. The number of carbonyl (C=O) groups is 1. The van der Waals surface area contributed by atoms with E-state index in [2.05, 4.69) is 53.1 Å². The summed E-state index contributed by atoms with van der Waals surface area (Å²) in [5.74, 6) is -0.0913. The summed E-state index contributed by atoms with van der Waals surface area (Å²) >= 11 is 10.2. The molecule has 1 atom stereocenters. The summed E-state index contributed by atoms with van der Waals surface area (Å²) in [5, 5.41) is 12.8. The third-order valence-corrected chi connectivity index (χ3v) is 4.88. The van der Waals surface area contributed by atoms with Crippen LogP contribution in [-0.2, 0) is 4.79 Å². The number of aliphatic hydroxyl groups is 1. The molecule has 1 aliphatic rings. The summed E-state index contributed by atoms with van der Waals surface area (Å²) in [7, 11) is 0. The van der Waals surface area contributed by atoms with Crippen molar-refractivity contribution in [3.63, 3.8) is 0 Å². The average molecular weight is 471 g/mol. The zero-order chi connectivity index (χ0) is 14.9. The quantitative estimate of drug-likeness (QED) is 0.712. The van der Waals surface area contributed by atoms with Gasteiger partial charge in [-0.05, 0) is 57.3 Å². The Morgan fingerprint density at radius 1 is 1.40 bits per heavy atom. The van der Waals surface area contributed by atoms with E-state index in [-0.39, 0.29) is 12.5 Å². The van der Waals surface area contributed by atoms with Crippen molar-refractivity contribution in [1.29, 1.82) is 0 Å². The number of likely N-dealkylation sites (tertiary alicyclic amines) is 1. The van der Waals surface area contributed by atoms with E-state index in [1.165, 1.54) is 0 Å². The molecule has 1 aromatic carbocycles. The first-order valence-corrected chi connectivity index (χ1v) is 8.54. The maximum atomic E-state index is 12.1. The first-order chi connectivity index (χ1) is 9.27. The van der Waals surface area contributed by atoms with Crippen molar-refractivity contribution >= 4 is 59.4 Å². The van der Waals surface area contributed by atoms with Crippen LogP contribution in [0.1, 0.15) is 13.3 Å². The standard InChI is InChI=1S/C13H15Br3N2O2/c1-13(20)2-3-18(7-13)6-11(19)17-12-9(15)4-8(14)5-10(12)16/h4-5,20H,2-3,6-7H2,1H3,(H,17,19). The molecule has 20 heavy (non-hydrogen) atoms. The fraction of sp³-hybridized carbons (Fsp3) is 0.462. The fourth-order valence-corrected chi connectivity index (χ4v) is 4.67. The van der Waals surface area contributed by atoms with Crippen molar-refractivity contribution in [3.8, 4) is 0 Å². The van der Waals surface area contributed by atoms with Gasteiger partial charge in [0.25, 0.3) is 0 Å². The lowest BCUT2D eigenvalue weighted by atomic mass is 10.1. The van der Waals surface area contributed by atoms with Crippen molar-refractivity contribution in [2.75, 3.05) is 25.0 Å². The van der Waals surface area contributed by atoms with Gasteiger partial charge >= 0.3 is 0 Å². The second-order valence-corrected chi connectivity index (χ2v) is 7.87. The fourth-order valence-electron chi connectivity index (χ4n) is 2.22. The van der Waals surface area contributed by atoms with Gasteiger partial charge < -0.3 is 10.4 Å². The van der Waals surface area contributed by atoms with E-state index < -0.39 is 5.60 Å². The van der Waals surface area contributed by atoms with Crippen LogP contribution < -0.4 is 5.32 Å². The van der Waals surface area contributed by atoms with Crippen LogP contribution in [0.15, 0.2) is 25.6 Å². The highest BCUT2D eigenvalue weighted by Gasteiger charge is 2.32. The molecular weight excluding hydrogens is 456 g/mol. The minimum Gasteiger partial charge on any atom is -0.389 e. The molecule has 0 aliphatic carbocycles. The molecule has 0 saturated carbocycles. The van der Waals surface area contributed by atoms with Gasteiger partial charge in [-0.2, -0.15) is 0 Å². The number of nitrogens with one attached hydrogen (secondary N) is 1. The van der Waals surface area contributed by atoms with Crippen molar-refractivity contribution in [2.24, 2.45) is 0 Å². The molecule has 110 valence electrons. The maximum Gasteiger partial charge on any atom is 0.238 e. The van der Waals surface area contributed by atoms with E-state index in [4.69, 9.17) is 0 Å². The second-order valence-electron chi connectivity index (χ2n) is 5.25. The average Bonchev–Trinajstić information content (AvgIpc) is 2.63. The molecule has 1 unspecified atom stereocenters. The predicted octanol–water partition coefficient (Wildman–Crippen LogP) is 3.37. The number of benzene rings is 1. The van der Waals surface area contributed by atoms with Crippen LogP contribution >= 0.6 is 47.8 Å². The van der Waals surface area contributed by atoms with E-state index in [1.54, 1.807) is 6.92 Å². The number of amides is 1. The third-order valence-electron chi connectivity index (χ3n) is 3.17. The Morgan fingerprint density at radius 3 is 2.50 bits per heavy atom. The zero-order valence-electron chi connectivity index (χ0n) is 10.9. The second kappa shape index (κ2) is 6.44. The van der Waals surface area contributed by atoms with Crippen LogP contribution in [0, 0.1) is 0 Å². The van der Waals surface area contributed by atoms with Crippen molar-refractivity contribution < 1.29 is 9.90 Å². The molecule has 1 amide bonds. The zero-order valence-corrected chi connectivity index (χ0v) is 15.7. The SMILES string of the molecule is CC1(O)CCN(CC(=O)Nc2c(Br)cc(Br)cc2Br)C1. The molecule has 0 spiro atoms. The van der Waals surface area contributed by atoms with Crippen molar-refractivity contribution in [3.05, 3.63) is 25.6 Å². The Bertz CT molecular complexity index is 511. The predicted molar refractivity (Wildman–Crippen MR) is 89.9 cm³/mol. The molecule has 1 aromatic rings. The van der Waals surface area contributed by atoms with E-state index in [0.29, 0.717) is 18.7 Å². The van der Waals surface area contributed by atoms with Gasteiger partial charge in [-0.1, -0.05) is 15.9 Å². The normalized spacial score (nSPS) is 23.1. The van der Waals surface area contributed by atoms with E-state index in [9.17, 15) is 9.90 Å². The molecule has 1 fully saturated rings. The maximum absolute atomic E-state index is 12.1. The lowest BCUT2D eigenvalue weighted by Gasteiger charge is -2.18. The topological polar surface area (TPSA) is 52.6 Å². The first-order valence-electron chi connectivity index (χ1n) is 6.16. The Hall–Kier alpha value is 0.0500. The Balaban J connectivity index is 1.99. The monoisotopic (exact) mass is 468 g/mol. The molecule has 4 nitrogen and oxygen atoms in total. The number of β-amino-alcohol motifs (C(OH)–C–C–N with tert-alkyl or cyclic N) is 1. The largest absolute Gasteiger partial charge is 0.389 e. The smallest absolute Gasteiger partial charge is 0.238 e. The lowest BCUT2D eigenvalue weighted by Crippen LogP contribution is -2.35. The highest BCUT2D eigenvalue weighted by atomic mass is 79.9. The van der Waals surface area contributed by atoms with Gasteiger partial charge in [-0.25, -0.2) is 0 Å². The van der Waals surface area contributed by atoms with Gasteiger partial charge in [0.15, 0.2) is 0 Å². The van der Waals surface area contributed by atoms with Crippen LogP contribution in [0.5, 0.6) is 0 Å². The highest BCUT2D eigenvalue weighted by molar-refractivity contribution is 9.11. The molecule has 2 rings (SSSR count). The number of rotatable bonds is 3. The number of hydrogen-bond donors (Lipinski definition) is 2. The van der Waals surface area contributed by atoms with Gasteiger partial charge in [0.1, 0.15) is 0 Å². The lowest BCUT2D eigenvalue weighted by molar-refractivity contribution is -0.117. The van der Waals surface area contributed by atoms with Crippen molar-refractivity contribution in [1.82, 2.24) is 4.90 Å². The molecule has 0 radical (unpaired) electrons. The summed E-state index contributed by atoms with van der Waals surface area (Å²) in [6, 6.07) is 3.75. The summed E-state index contributed by atoms with van der Waals surface area (Å²) in [6.45, 7) is 3.35.